The normalized spacial score (nSPS) is 13.8. The molecule has 0 aliphatic carbocycles. The highest BCUT2D eigenvalue weighted by Crippen LogP contribution is 2.32. The van der Waals surface area contributed by atoms with Crippen LogP contribution in [0.5, 0.6) is 0 Å². The Morgan fingerprint density at radius 3 is 2.22 bits per heavy atom. The van der Waals surface area contributed by atoms with Crippen LogP contribution in [0.15, 0.2) is 0 Å². The zero-order chi connectivity index (χ0) is 7.33. The van der Waals surface area contributed by atoms with Crippen LogP contribution in [0.3, 0.4) is 0 Å². The average molecular weight is 155 g/mol. The standard InChI is InChI=1S/C4H13NO3S/c1-5-3-2-4-9(6,7)8/h5-8H,2-4H2,1H3. The van der Waals surface area contributed by atoms with E-state index < -0.39 is 10.9 Å². The zero-order valence-electron chi connectivity index (χ0n) is 5.37. The van der Waals surface area contributed by atoms with Crippen LogP contribution in [0, 0.1) is 0 Å². The first-order chi connectivity index (χ1) is 4.06. The summed E-state index contributed by atoms with van der Waals surface area (Å²) in [5.74, 6) is 0.0633. The predicted octanol–water partition coefficient (Wildman–Crippen LogP) is 0.820. The van der Waals surface area contributed by atoms with E-state index in [1.54, 1.807) is 7.05 Å². The van der Waals surface area contributed by atoms with E-state index in [-0.39, 0.29) is 5.75 Å². The average Bonchev–Trinajstić information content (AvgIpc) is 1.63. The van der Waals surface area contributed by atoms with Crippen LogP contribution >= 0.6 is 10.9 Å². The molecule has 9 heavy (non-hydrogen) atoms. The lowest BCUT2D eigenvalue weighted by atomic mass is 10.5. The predicted molar refractivity (Wildman–Crippen MR) is 38.9 cm³/mol. The lowest BCUT2D eigenvalue weighted by Crippen LogP contribution is -2.11. The second-order valence-electron chi connectivity index (χ2n) is 1.79. The molecule has 58 valence electrons. The summed E-state index contributed by atoms with van der Waals surface area (Å²) in [7, 11) is -1.47. The number of rotatable bonds is 4. The molecule has 0 saturated carbocycles. The van der Waals surface area contributed by atoms with Crippen LogP contribution in [0.1, 0.15) is 6.42 Å². The molecule has 0 aliphatic rings. The van der Waals surface area contributed by atoms with Gasteiger partial charge in [-0.3, -0.25) is 0 Å². The van der Waals surface area contributed by atoms with Crippen molar-refractivity contribution in [1.29, 1.82) is 0 Å². The second-order valence-corrected chi connectivity index (χ2v) is 3.47. The molecule has 4 nitrogen and oxygen atoms in total. The highest BCUT2D eigenvalue weighted by molar-refractivity contribution is 8.19. The van der Waals surface area contributed by atoms with Gasteiger partial charge in [0.1, 0.15) is 0 Å². The fraction of sp³-hybridized carbons (Fsp3) is 1.00. The summed E-state index contributed by atoms with van der Waals surface area (Å²) in [4.78, 5) is 0. The van der Waals surface area contributed by atoms with Gasteiger partial charge in [-0.05, 0) is 20.0 Å². The summed E-state index contributed by atoms with van der Waals surface area (Å²) >= 11 is 0. The van der Waals surface area contributed by atoms with Crippen molar-refractivity contribution in [1.82, 2.24) is 5.32 Å². The van der Waals surface area contributed by atoms with Gasteiger partial charge in [-0.15, -0.1) is 0 Å². The monoisotopic (exact) mass is 155 g/mol. The summed E-state index contributed by atoms with van der Waals surface area (Å²) < 4.78 is 25.2. The first-order valence-corrected chi connectivity index (χ1v) is 4.36. The van der Waals surface area contributed by atoms with Crippen LogP contribution in [-0.4, -0.2) is 33.0 Å². The van der Waals surface area contributed by atoms with Gasteiger partial charge in [0.25, 0.3) is 0 Å². The molecule has 0 radical (unpaired) electrons. The van der Waals surface area contributed by atoms with Crippen LogP contribution in [0.4, 0.5) is 0 Å². The van der Waals surface area contributed by atoms with Crippen molar-refractivity contribution in [3.05, 3.63) is 0 Å². The SMILES string of the molecule is CNCCCS(O)(O)O. The molecule has 0 aromatic rings. The lowest BCUT2D eigenvalue weighted by Gasteiger charge is -2.17. The maximum absolute atomic E-state index is 8.41. The Morgan fingerprint density at radius 2 is 1.89 bits per heavy atom. The Bertz CT molecular complexity index is 72.7. The molecule has 5 heteroatoms. The van der Waals surface area contributed by atoms with E-state index in [1.165, 1.54) is 0 Å². The smallest absolute Gasteiger partial charge is 0.0810 e. The Balaban J connectivity index is 3.07. The molecule has 0 aliphatic heterocycles. The van der Waals surface area contributed by atoms with Crippen LogP contribution in [-0.2, 0) is 0 Å². The van der Waals surface area contributed by atoms with Gasteiger partial charge in [0.2, 0.25) is 0 Å². The van der Waals surface area contributed by atoms with Crippen LogP contribution in [0.2, 0.25) is 0 Å². The highest BCUT2D eigenvalue weighted by atomic mass is 32.3. The van der Waals surface area contributed by atoms with Crippen molar-refractivity contribution in [3.8, 4) is 0 Å². The maximum Gasteiger partial charge on any atom is 0.0810 e. The molecule has 0 spiro atoms. The van der Waals surface area contributed by atoms with Crippen molar-refractivity contribution >= 4 is 10.9 Å². The van der Waals surface area contributed by atoms with E-state index in [9.17, 15) is 0 Å². The minimum Gasteiger partial charge on any atom is -0.320 e. The number of nitrogens with one attached hydrogen (secondary N) is 1. The summed E-state index contributed by atoms with van der Waals surface area (Å²) in [6.07, 6.45) is 0.579. The topological polar surface area (TPSA) is 72.7 Å². The quantitative estimate of drug-likeness (QED) is 0.453. The summed E-state index contributed by atoms with van der Waals surface area (Å²) in [6.45, 7) is 0.691. The van der Waals surface area contributed by atoms with Gasteiger partial charge in [-0.25, -0.2) is 0 Å². The van der Waals surface area contributed by atoms with Gasteiger partial charge in [-0.2, -0.15) is 0 Å². The lowest BCUT2D eigenvalue weighted by molar-refractivity contribution is 0.374. The van der Waals surface area contributed by atoms with E-state index in [2.05, 4.69) is 5.32 Å². The molecule has 0 amide bonds. The second kappa shape index (κ2) is 4.08. The van der Waals surface area contributed by atoms with Crippen molar-refractivity contribution in [2.75, 3.05) is 19.3 Å². The number of hydrogen-bond acceptors (Lipinski definition) is 4. The van der Waals surface area contributed by atoms with Gasteiger partial charge in [-0.1, -0.05) is 0 Å². The molecule has 0 fully saturated rings. The van der Waals surface area contributed by atoms with Gasteiger partial charge in [0.15, 0.2) is 0 Å². The van der Waals surface area contributed by atoms with Crippen LogP contribution in [0.25, 0.3) is 0 Å². The molecule has 0 heterocycles. The first kappa shape index (κ1) is 9.19. The van der Waals surface area contributed by atoms with Gasteiger partial charge < -0.3 is 19.0 Å². The Kier molecular flexibility index (Phi) is 4.16. The van der Waals surface area contributed by atoms with Crippen molar-refractivity contribution in [3.63, 3.8) is 0 Å². The van der Waals surface area contributed by atoms with E-state index in [0.717, 1.165) is 0 Å². The molecule has 0 rings (SSSR count). The molecule has 0 aromatic heterocycles. The third kappa shape index (κ3) is 8.19. The minimum absolute atomic E-state index is 0.0633. The van der Waals surface area contributed by atoms with Crippen molar-refractivity contribution in [2.24, 2.45) is 0 Å². The minimum atomic E-state index is -3.24. The van der Waals surface area contributed by atoms with Crippen molar-refractivity contribution < 1.29 is 13.7 Å². The molecule has 0 bridgehead atoms. The summed E-state index contributed by atoms with van der Waals surface area (Å²) in [6, 6.07) is 0. The Morgan fingerprint density at radius 1 is 1.33 bits per heavy atom. The van der Waals surface area contributed by atoms with Crippen molar-refractivity contribution in [2.45, 2.75) is 6.42 Å². The molecule has 0 atom stereocenters. The van der Waals surface area contributed by atoms with Gasteiger partial charge in [0, 0.05) is 5.75 Å². The molecular formula is C4H13NO3S. The first-order valence-electron chi connectivity index (χ1n) is 2.69. The van der Waals surface area contributed by atoms with Crippen LogP contribution < -0.4 is 5.32 Å². The Hall–Kier alpha value is 0.190. The fourth-order valence-corrected chi connectivity index (χ4v) is 0.974. The van der Waals surface area contributed by atoms with Gasteiger partial charge >= 0.3 is 0 Å². The molecule has 4 N–H and O–H groups in total. The van der Waals surface area contributed by atoms with E-state index in [1.807, 2.05) is 0 Å². The maximum atomic E-state index is 8.41. The largest absolute Gasteiger partial charge is 0.320 e. The summed E-state index contributed by atoms with van der Waals surface area (Å²) in [5, 5.41) is 2.82. The summed E-state index contributed by atoms with van der Waals surface area (Å²) in [5.41, 5.74) is 0. The third-order valence-electron chi connectivity index (χ3n) is 0.845. The fourth-order valence-electron chi connectivity index (χ4n) is 0.443. The zero-order valence-corrected chi connectivity index (χ0v) is 6.19. The van der Waals surface area contributed by atoms with E-state index in [4.69, 9.17) is 13.7 Å². The number of hydrogen-bond donors (Lipinski definition) is 4. The molecule has 0 unspecified atom stereocenters. The third-order valence-corrected chi connectivity index (χ3v) is 1.68. The van der Waals surface area contributed by atoms with E-state index in [0.29, 0.717) is 13.0 Å². The Labute approximate surface area is 56.5 Å². The van der Waals surface area contributed by atoms with Gasteiger partial charge in [0.05, 0.1) is 10.9 Å². The molecular weight excluding hydrogens is 142 g/mol. The highest BCUT2D eigenvalue weighted by Gasteiger charge is 2.08. The van der Waals surface area contributed by atoms with E-state index >= 15 is 0 Å². The molecule has 0 aromatic carbocycles. The molecule has 0 saturated heterocycles.